The monoisotopic (exact) mass is 762 g/mol. The van der Waals surface area contributed by atoms with Crippen molar-refractivity contribution in [2.45, 2.75) is 79.6 Å². The number of aromatic nitrogens is 2. The average molecular weight is 762 g/mol. The van der Waals surface area contributed by atoms with Gasteiger partial charge in [-0.25, -0.2) is 4.98 Å². The summed E-state index contributed by atoms with van der Waals surface area (Å²) < 4.78 is 7.51. The molecule has 1 N–H and O–H groups in total. The van der Waals surface area contributed by atoms with Gasteiger partial charge in [0.2, 0.25) is 0 Å². The molecule has 0 saturated carbocycles. The van der Waals surface area contributed by atoms with Crippen LogP contribution in [-0.4, -0.2) is 20.9 Å². The van der Waals surface area contributed by atoms with Crippen LogP contribution in [0.2, 0.25) is 0 Å². The van der Waals surface area contributed by atoms with Gasteiger partial charge >= 0.3 is 0 Å². The number of benzene rings is 2. The van der Waals surface area contributed by atoms with Gasteiger partial charge in [0, 0.05) is 55.0 Å². The Hall–Kier alpha value is -2.86. The Bertz CT molecular complexity index is 1660. The number of aliphatic hydroxyl groups is 1. The zero-order chi connectivity index (χ0) is 29.7. The van der Waals surface area contributed by atoms with Crippen LogP contribution >= 0.6 is 11.3 Å². The van der Waals surface area contributed by atoms with Gasteiger partial charge in [-0.3, -0.25) is 4.79 Å². The first kappa shape index (κ1) is 33.6. The van der Waals surface area contributed by atoms with Gasteiger partial charge in [-0.15, -0.1) is 29.5 Å². The third kappa shape index (κ3) is 7.19. The van der Waals surface area contributed by atoms with Gasteiger partial charge in [-0.1, -0.05) is 77.6 Å². The van der Waals surface area contributed by atoms with Gasteiger partial charge in [0.15, 0.2) is 5.78 Å². The Balaban J connectivity index is 0.000000263. The van der Waals surface area contributed by atoms with Crippen LogP contribution in [0.1, 0.15) is 79.2 Å². The van der Waals surface area contributed by atoms with E-state index in [1.165, 1.54) is 6.08 Å². The number of ketones is 1. The van der Waals surface area contributed by atoms with Crippen molar-refractivity contribution in [3.63, 3.8) is 0 Å². The molecule has 0 spiro atoms. The number of thiazole rings is 1. The van der Waals surface area contributed by atoms with E-state index < -0.39 is 0 Å². The maximum Gasteiger partial charge on any atom is 0.162 e. The third-order valence-corrected chi connectivity index (χ3v) is 9.05. The largest absolute Gasteiger partial charge is 0.512 e. The summed E-state index contributed by atoms with van der Waals surface area (Å²) in [7, 11) is 0. The Labute approximate surface area is 266 Å². The fraction of sp³-hybridized carbons (Fsp3) is 0.400. The Morgan fingerprint density at radius 3 is 2.24 bits per heavy atom. The Kier molecular flexibility index (Phi) is 11.6. The van der Waals surface area contributed by atoms with E-state index in [9.17, 15) is 9.90 Å². The predicted octanol–water partition coefficient (Wildman–Crippen LogP) is 10.2. The summed E-state index contributed by atoms with van der Waals surface area (Å²) in [6.07, 6.45) is 6.70. The van der Waals surface area contributed by atoms with Crippen LogP contribution in [0.5, 0.6) is 0 Å². The van der Waals surface area contributed by atoms with Crippen molar-refractivity contribution >= 4 is 49.3 Å². The van der Waals surface area contributed by atoms with Crippen molar-refractivity contribution in [3.8, 4) is 11.3 Å². The van der Waals surface area contributed by atoms with Crippen LogP contribution < -0.4 is 0 Å². The smallest absolute Gasteiger partial charge is 0.162 e. The Morgan fingerprint density at radius 2 is 1.64 bits per heavy atom. The second kappa shape index (κ2) is 14.5. The summed E-state index contributed by atoms with van der Waals surface area (Å²) in [6.45, 7) is 14.6. The van der Waals surface area contributed by atoms with Gasteiger partial charge in [0.05, 0.1) is 21.0 Å². The van der Waals surface area contributed by atoms with Gasteiger partial charge < -0.3 is 14.5 Å². The van der Waals surface area contributed by atoms with Crippen LogP contribution in [0, 0.1) is 17.9 Å². The molecule has 3 aromatic heterocycles. The van der Waals surface area contributed by atoms with Crippen LogP contribution in [0.25, 0.3) is 43.4 Å². The number of carbonyl (C=O) groups excluding carboxylic acids is 1. The number of furan rings is 1. The zero-order valence-corrected chi connectivity index (χ0v) is 28.8. The fourth-order valence-corrected chi connectivity index (χ4v) is 6.01. The van der Waals surface area contributed by atoms with Crippen LogP contribution in [0.4, 0.5) is 0 Å². The molecule has 0 bridgehead atoms. The molecule has 5 rings (SSSR count). The molecule has 0 saturated heterocycles. The number of fused-ring (bicyclic) bond motifs is 5. The normalized spacial score (nSPS) is 12.2. The molecule has 3 heterocycles. The second-order valence-corrected chi connectivity index (χ2v) is 12.5. The number of carbonyl (C=O) groups is 1. The van der Waals surface area contributed by atoms with Crippen molar-refractivity contribution in [1.82, 2.24) is 9.97 Å². The van der Waals surface area contributed by atoms with Crippen LogP contribution in [-0.2, 0) is 30.3 Å². The van der Waals surface area contributed by atoms with Crippen molar-refractivity contribution < 1.29 is 34.4 Å². The molecule has 0 fully saturated rings. The standard InChI is InChI=1S/C22H17N2OS.C13H24O2.Ir/c1-22(2,3)21-24-18-17(26-21)11-10-14-13-7-6-8-15(19(13)25-20(14)18)16-9-4-5-12-23-16;1-5-10(6-2)12(14)9-13(15)11(7-3)8-4;/h4-7,9-12H,1-3H3;9-11,14H,5-8H2,1-4H3;/q-1;;/b;12-9-;. The molecule has 5 aromatic rings. The second-order valence-electron chi connectivity index (χ2n) is 11.5. The number of hydrogen-bond donors (Lipinski definition) is 1. The number of aliphatic hydroxyl groups excluding tert-OH is 1. The first-order valence-electron chi connectivity index (χ1n) is 14.6. The molecule has 1 radical (unpaired) electrons. The minimum atomic E-state index is 0. The Morgan fingerprint density at radius 1 is 0.976 bits per heavy atom. The summed E-state index contributed by atoms with van der Waals surface area (Å²) in [6, 6.07) is 17.4. The van der Waals surface area contributed by atoms with Gasteiger partial charge in [-0.05, 0) is 43.5 Å². The summed E-state index contributed by atoms with van der Waals surface area (Å²) >= 11 is 1.74. The molecule has 0 aliphatic carbocycles. The number of hydrogen-bond acceptors (Lipinski definition) is 6. The van der Waals surface area contributed by atoms with Crippen LogP contribution in [0.15, 0.2) is 64.9 Å². The van der Waals surface area contributed by atoms with Crippen molar-refractivity contribution in [1.29, 1.82) is 0 Å². The van der Waals surface area contributed by atoms with E-state index in [0.29, 0.717) is 0 Å². The number of pyridine rings is 1. The maximum absolute atomic E-state index is 11.7. The number of allylic oxidation sites excluding steroid dienone is 2. The molecule has 0 aliphatic heterocycles. The van der Waals surface area contributed by atoms with Gasteiger partial charge in [0.1, 0.15) is 11.1 Å². The van der Waals surface area contributed by atoms with Crippen molar-refractivity contribution in [2.75, 3.05) is 0 Å². The van der Waals surface area contributed by atoms with E-state index in [0.717, 1.165) is 74.1 Å². The first-order valence-corrected chi connectivity index (χ1v) is 15.5. The molecule has 0 atom stereocenters. The van der Waals surface area contributed by atoms with Gasteiger partial charge in [-0.2, -0.15) is 0 Å². The molecule has 0 amide bonds. The van der Waals surface area contributed by atoms with E-state index >= 15 is 0 Å². The average Bonchev–Trinajstić information content (AvgIpc) is 3.57. The van der Waals surface area contributed by atoms with Gasteiger partial charge in [0.25, 0.3) is 0 Å². The zero-order valence-electron chi connectivity index (χ0n) is 25.6. The van der Waals surface area contributed by atoms with E-state index in [-0.39, 0.29) is 48.9 Å². The molecule has 0 unspecified atom stereocenters. The number of nitrogens with zero attached hydrogens (tertiary/aromatic N) is 2. The van der Waals surface area contributed by atoms with Crippen molar-refractivity contribution in [2.24, 2.45) is 11.8 Å². The fourth-order valence-electron chi connectivity index (χ4n) is 4.99. The third-order valence-electron chi connectivity index (χ3n) is 7.60. The summed E-state index contributed by atoms with van der Waals surface area (Å²) in [5, 5.41) is 13.0. The predicted molar refractivity (Wildman–Crippen MR) is 172 cm³/mol. The molecule has 0 aliphatic rings. The number of rotatable bonds is 8. The minimum absolute atomic E-state index is 0. The summed E-state index contributed by atoms with van der Waals surface area (Å²) in [4.78, 5) is 21.1. The molecule has 2 aromatic carbocycles. The SMILES string of the molecule is CC(C)(C)c1nc2c(ccc3c4cc[c-]c(-c5ccccn5)c4oc32)s1.CCC(CC)C(=O)/C=C(\O)C(CC)CC.[Ir]. The van der Waals surface area contributed by atoms with E-state index in [1.807, 2.05) is 52.0 Å². The molecule has 225 valence electrons. The molecular formula is C35H41IrN2O3S-. The first-order chi connectivity index (χ1) is 19.6. The quantitative estimate of drug-likeness (QED) is 0.0968. The minimum Gasteiger partial charge on any atom is -0.512 e. The van der Waals surface area contributed by atoms with E-state index in [2.05, 4.69) is 50.0 Å². The van der Waals surface area contributed by atoms with E-state index in [1.54, 1.807) is 17.5 Å². The van der Waals surface area contributed by atoms with E-state index in [4.69, 9.17) is 9.40 Å². The molecule has 42 heavy (non-hydrogen) atoms. The van der Waals surface area contributed by atoms with Crippen molar-refractivity contribution in [3.05, 3.63) is 71.6 Å². The summed E-state index contributed by atoms with van der Waals surface area (Å²) in [5.74, 6) is 0.547. The summed E-state index contributed by atoms with van der Waals surface area (Å²) in [5.41, 5.74) is 4.39. The topological polar surface area (TPSA) is 76.2 Å². The molecule has 5 nitrogen and oxygen atoms in total. The molecular weight excluding hydrogens is 721 g/mol. The molecule has 7 heteroatoms. The maximum atomic E-state index is 11.7. The van der Waals surface area contributed by atoms with Crippen LogP contribution in [0.3, 0.4) is 0 Å².